The second-order valence-corrected chi connectivity index (χ2v) is 7.90. The summed E-state index contributed by atoms with van der Waals surface area (Å²) in [6, 6.07) is 14.9. The third kappa shape index (κ3) is 5.55. The zero-order chi connectivity index (χ0) is 20.8. The average molecular weight is 402 g/mol. The van der Waals surface area contributed by atoms with E-state index in [1.54, 1.807) is 19.2 Å². The summed E-state index contributed by atoms with van der Waals surface area (Å²) in [6.45, 7) is 7.12. The van der Waals surface area contributed by atoms with E-state index >= 15 is 0 Å². The Bertz CT molecular complexity index is 807. The van der Waals surface area contributed by atoms with Crippen LogP contribution in [0, 0.1) is 5.82 Å². The molecule has 1 atom stereocenters. The first-order valence-corrected chi connectivity index (χ1v) is 10.3. The zero-order valence-electron chi connectivity index (χ0n) is 17.6. The van der Waals surface area contributed by atoms with E-state index in [1.807, 2.05) is 30.1 Å². The van der Waals surface area contributed by atoms with Crippen LogP contribution in [-0.2, 0) is 11.3 Å². The van der Waals surface area contributed by atoms with Crippen molar-refractivity contribution in [2.75, 3.05) is 46.9 Å². The van der Waals surface area contributed by atoms with Crippen molar-refractivity contribution in [3.8, 4) is 5.75 Å². The summed E-state index contributed by atoms with van der Waals surface area (Å²) in [7, 11) is 3.50. The van der Waals surface area contributed by atoms with Crippen molar-refractivity contribution in [3.63, 3.8) is 0 Å². The fourth-order valence-corrected chi connectivity index (χ4v) is 3.98. The molecular formula is C23H32FN3O2+2. The number of hydrogen-bond acceptors (Lipinski definition) is 2. The van der Waals surface area contributed by atoms with E-state index in [0.717, 1.165) is 49.6 Å². The largest absolute Gasteiger partial charge is 0.496 e. The maximum Gasteiger partial charge on any atom is 0.278 e. The first kappa shape index (κ1) is 21.3. The molecule has 0 unspecified atom stereocenters. The molecule has 1 aliphatic rings. The third-order valence-corrected chi connectivity index (χ3v) is 6.00. The van der Waals surface area contributed by atoms with Crippen LogP contribution in [0.15, 0.2) is 48.5 Å². The Kier molecular flexibility index (Phi) is 7.23. The quantitative estimate of drug-likeness (QED) is 0.702. The summed E-state index contributed by atoms with van der Waals surface area (Å²) in [5.41, 5.74) is 2.05. The molecule has 5 nitrogen and oxygen atoms in total. The van der Waals surface area contributed by atoms with Crippen LogP contribution < -0.4 is 14.5 Å². The van der Waals surface area contributed by atoms with Crippen LogP contribution in [0.4, 0.5) is 4.39 Å². The van der Waals surface area contributed by atoms with Crippen molar-refractivity contribution in [3.05, 3.63) is 65.5 Å². The number of halogens is 1. The third-order valence-electron chi connectivity index (χ3n) is 6.00. The number of piperazine rings is 1. The van der Waals surface area contributed by atoms with Crippen LogP contribution in [-0.4, -0.2) is 57.7 Å². The maximum atomic E-state index is 13.6. The van der Waals surface area contributed by atoms with Crippen LogP contribution >= 0.6 is 0 Å². The average Bonchev–Trinajstić information content (AvgIpc) is 2.75. The number of carbonyl (C=O) groups is 1. The number of rotatable bonds is 7. The molecule has 1 saturated heterocycles. The van der Waals surface area contributed by atoms with E-state index in [4.69, 9.17) is 4.74 Å². The smallest absolute Gasteiger partial charge is 0.278 e. The molecule has 1 heterocycles. The van der Waals surface area contributed by atoms with Gasteiger partial charge in [0.05, 0.1) is 18.7 Å². The van der Waals surface area contributed by atoms with Crippen LogP contribution in [0.25, 0.3) is 0 Å². The molecule has 0 aromatic heterocycles. The van der Waals surface area contributed by atoms with Gasteiger partial charge >= 0.3 is 0 Å². The Hall–Kier alpha value is -2.44. The van der Waals surface area contributed by atoms with Gasteiger partial charge < -0.3 is 19.4 Å². The highest BCUT2D eigenvalue weighted by Crippen LogP contribution is 2.18. The summed E-state index contributed by atoms with van der Waals surface area (Å²) in [6.07, 6.45) is 0. The maximum absolute atomic E-state index is 13.6. The summed E-state index contributed by atoms with van der Waals surface area (Å²) < 4.78 is 19.0. The number of nitrogens with one attached hydrogen (secondary N) is 2. The van der Waals surface area contributed by atoms with Crippen molar-refractivity contribution >= 4 is 5.91 Å². The van der Waals surface area contributed by atoms with Gasteiger partial charge in [0.1, 0.15) is 44.3 Å². The molecule has 1 fully saturated rings. The Morgan fingerprint density at radius 2 is 1.76 bits per heavy atom. The number of quaternary nitrogens is 2. The molecule has 0 saturated carbocycles. The summed E-state index contributed by atoms with van der Waals surface area (Å²) in [5, 5.41) is 0. The molecule has 3 rings (SSSR count). The molecule has 0 radical (unpaired) electrons. The number of ether oxygens (including phenoxy) is 1. The molecular weight excluding hydrogens is 369 g/mol. The number of amides is 1. The number of hydrogen-bond donors (Lipinski definition) is 2. The van der Waals surface area contributed by atoms with E-state index in [-0.39, 0.29) is 17.8 Å². The monoisotopic (exact) mass is 401 g/mol. The molecule has 0 spiro atoms. The highest BCUT2D eigenvalue weighted by molar-refractivity contribution is 5.77. The van der Waals surface area contributed by atoms with E-state index in [9.17, 15) is 9.18 Å². The molecule has 1 amide bonds. The Labute approximate surface area is 172 Å². The first-order valence-electron chi connectivity index (χ1n) is 10.3. The van der Waals surface area contributed by atoms with E-state index in [2.05, 4.69) is 19.1 Å². The summed E-state index contributed by atoms with van der Waals surface area (Å²) in [4.78, 5) is 17.3. The van der Waals surface area contributed by atoms with Gasteiger partial charge in [0, 0.05) is 7.05 Å². The molecule has 1 aliphatic heterocycles. The number of methoxy groups -OCH3 is 1. The molecule has 6 heteroatoms. The number of carbonyl (C=O) groups excluding carboxylic acids is 1. The zero-order valence-corrected chi connectivity index (χ0v) is 17.6. The lowest BCUT2D eigenvalue weighted by Crippen LogP contribution is -3.28. The van der Waals surface area contributed by atoms with Gasteiger partial charge in [0.25, 0.3) is 5.91 Å². The Morgan fingerprint density at radius 3 is 2.41 bits per heavy atom. The van der Waals surface area contributed by atoms with Crippen molar-refractivity contribution in [2.24, 2.45) is 0 Å². The molecule has 0 aliphatic carbocycles. The molecule has 2 aromatic carbocycles. The highest BCUT2D eigenvalue weighted by Gasteiger charge is 2.28. The molecule has 0 bridgehead atoms. The lowest BCUT2D eigenvalue weighted by Gasteiger charge is -2.32. The Balaban J connectivity index is 1.49. The lowest BCUT2D eigenvalue weighted by atomic mass is 10.1. The van der Waals surface area contributed by atoms with Gasteiger partial charge in [-0.05, 0) is 30.7 Å². The van der Waals surface area contributed by atoms with E-state index < -0.39 is 0 Å². The van der Waals surface area contributed by atoms with Gasteiger partial charge in [0.2, 0.25) is 0 Å². The summed E-state index contributed by atoms with van der Waals surface area (Å²) in [5.74, 6) is 0.678. The molecule has 2 N–H and O–H groups in total. The summed E-state index contributed by atoms with van der Waals surface area (Å²) >= 11 is 0. The van der Waals surface area contributed by atoms with Crippen molar-refractivity contribution in [1.82, 2.24) is 4.90 Å². The van der Waals surface area contributed by atoms with E-state index in [1.165, 1.54) is 15.9 Å². The van der Waals surface area contributed by atoms with Gasteiger partial charge in [-0.3, -0.25) is 4.79 Å². The molecule has 2 aromatic rings. The fourth-order valence-electron chi connectivity index (χ4n) is 3.98. The lowest BCUT2D eigenvalue weighted by molar-refractivity contribution is -1.02. The van der Waals surface area contributed by atoms with Gasteiger partial charge in [-0.15, -0.1) is 0 Å². The van der Waals surface area contributed by atoms with Crippen LogP contribution in [0.3, 0.4) is 0 Å². The van der Waals surface area contributed by atoms with Gasteiger partial charge in [-0.1, -0.05) is 30.3 Å². The standard InChI is InChI=1S/C23H30FN3O2/c1-18(19-7-5-4-6-8-19)25(2)23(28)17-27-13-11-26(12-14-27)16-20-15-21(24)9-10-22(20)29-3/h4-10,15,18H,11-14,16-17H2,1-3H3/p+2/t18-/m0/s1. The Morgan fingerprint density at radius 1 is 1.10 bits per heavy atom. The highest BCUT2D eigenvalue weighted by atomic mass is 19.1. The van der Waals surface area contributed by atoms with Crippen LogP contribution in [0.5, 0.6) is 5.75 Å². The normalized spacial score (nSPS) is 20.1. The van der Waals surface area contributed by atoms with Crippen molar-refractivity contribution in [2.45, 2.75) is 19.5 Å². The molecule has 156 valence electrons. The number of likely N-dealkylation sites (N-methyl/N-ethyl adjacent to an activating group) is 1. The second kappa shape index (κ2) is 9.85. The number of nitrogens with zero attached hydrogens (tertiary/aromatic N) is 1. The number of benzene rings is 2. The predicted molar refractivity (Wildman–Crippen MR) is 111 cm³/mol. The first-order chi connectivity index (χ1) is 14.0. The minimum absolute atomic E-state index is 0.0652. The predicted octanol–water partition coefficient (Wildman–Crippen LogP) is 0.337. The van der Waals surface area contributed by atoms with E-state index in [0.29, 0.717) is 6.54 Å². The van der Waals surface area contributed by atoms with Crippen molar-refractivity contribution in [1.29, 1.82) is 0 Å². The fraction of sp³-hybridized carbons (Fsp3) is 0.435. The minimum Gasteiger partial charge on any atom is -0.496 e. The van der Waals surface area contributed by atoms with Crippen molar-refractivity contribution < 1.29 is 23.7 Å². The van der Waals surface area contributed by atoms with Gasteiger partial charge in [0.15, 0.2) is 6.54 Å². The van der Waals surface area contributed by atoms with Gasteiger partial charge in [-0.2, -0.15) is 0 Å². The SMILES string of the molecule is COc1ccc(F)cc1C[NH+]1CC[NH+](CC(=O)N(C)[C@@H](C)c2ccccc2)CC1. The second-order valence-electron chi connectivity index (χ2n) is 7.90. The van der Waals surface area contributed by atoms with Crippen LogP contribution in [0.2, 0.25) is 0 Å². The molecule has 29 heavy (non-hydrogen) atoms. The van der Waals surface area contributed by atoms with Crippen LogP contribution in [0.1, 0.15) is 24.1 Å². The van der Waals surface area contributed by atoms with Gasteiger partial charge in [-0.25, -0.2) is 4.39 Å². The topological polar surface area (TPSA) is 38.4 Å². The minimum atomic E-state index is -0.231.